The van der Waals surface area contributed by atoms with Gasteiger partial charge >= 0.3 is 6.36 Å². The third-order valence-corrected chi connectivity index (χ3v) is 3.88. The Balaban J connectivity index is 1.74. The fraction of sp³-hybridized carbons (Fsp3) is 0.158. The van der Waals surface area contributed by atoms with Crippen LogP contribution in [-0.2, 0) is 0 Å². The maximum atomic E-state index is 12.5. The first-order chi connectivity index (χ1) is 12.7. The maximum Gasteiger partial charge on any atom is 0.573 e. The highest BCUT2D eigenvalue weighted by molar-refractivity contribution is 6.05. The summed E-state index contributed by atoms with van der Waals surface area (Å²) in [7, 11) is 0. The van der Waals surface area contributed by atoms with Crippen LogP contribution in [0.1, 0.15) is 21.6 Å². The summed E-state index contributed by atoms with van der Waals surface area (Å²) in [5.74, 6) is -0.765. The number of carbonyl (C=O) groups excluding carboxylic acids is 1. The summed E-state index contributed by atoms with van der Waals surface area (Å²) in [6.07, 6.45) is -3.31. The average molecular weight is 375 g/mol. The van der Waals surface area contributed by atoms with E-state index in [4.69, 9.17) is 0 Å². The van der Waals surface area contributed by atoms with Gasteiger partial charge in [0.15, 0.2) is 0 Å². The number of nitrogens with one attached hydrogen (secondary N) is 1. The normalized spacial score (nSPS) is 11.3. The van der Waals surface area contributed by atoms with E-state index in [1.54, 1.807) is 11.6 Å². The second kappa shape index (κ2) is 7.14. The van der Waals surface area contributed by atoms with E-state index in [0.717, 1.165) is 23.4 Å². The molecule has 0 fully saturated rings. The fourth-order valence-corrected chi connectivity index (χ4v) is 2.52. The van der Waals surface area contributed by atoms with Gasteiger partial charge in [0, 0.05) is 5.69 Å². The Morgan fingerprint density at radius 3 is 2.26 bits per heavy atom. The Morgan fingerprint density at radius 1 is 1.04 bits per heavy atom. The Hall–Kier alpha value is -3.29. The number of hydrogen-bond donors (Lipinski definition) is 1. The monoisotopic (exact) mass is 375 g/mol. The summed E-state index contributed by atoms with van der Waals surface area (Å²) < 4.78 is 42.0. The quantitative estimate of drug-likeness (QED) is 0.723. The topological polar surface area (TPSA) is 56.2 Å². The van der Waals surface area contributed by atoms with E-state index in [1.807, 2.05) is 31.2 Å². The summed E-state index contributed by atoms with van der Waals surface area (Å²) in [6.45, 7) is 3.74. The molecular weight excluding hydrogens is 359 g/mol. The number of hydrogen-bond acceptors (Lipinski definition) is 3. The molecule has 140 valence electrons. The first-order valence-electron chi connectivity index (χ1n) is 8.02. The van der Waals surface area contributed by atoms with E-state index >= 15 is 0 Å². The van der Waals surface area contributed by atoms with Crippen molar-refractivity contribution in [3.05, 3.63) is 71.5 Å². The molecule has 3 rings (SSSR count). The van der Waals surface area contributed by atoms with Crippen molar-refractivity contribution in [3.8, 4) is 11.4 Å². The number of alkyl halides is 3. The summed E-state index contributed by atoms with van der Waals surface area (Å²) in [6, 6.07) is 12.6. The van der Waals surface area contributed by atoms with Crippen molar-refractivity contribution in [2.24, 2.45) is 0 Å². The van der Waals surface area contributed by atoms with Gasteiger partial charge in [-0.3, -0.25) is 4.79 Å². The van der Waals surface area contributed by atoms with Crippen molar-refractivity contribution in [1.82, 2.24) is 9.78 Å². The molecule has 1 N–H and O–H groups in total. The molecule has 2 aromatic carbocycles. The smallest absolute Gasteiger partial charge is 0.406 e. The van der Waals surface area contributed by atoms with Gasteiger partial charge in [-0.25, -0.2) is 4.68 Å². The van der Waals surface area contributed by atoms with Crippen molar-refractivity contribution in [1.29, 1.82) is 0 Å². The second-order valence-electron chi connectivity index (χ2n) is 5.92. The van der Waals surface area contributed by atoms with E-state index in [-0.39, 0.29) is 5.75 Å². The third kappa shape index (κ3) is 4.46. The van der Waals surface area contributed by atoms with Crippen molar-refractivity contribution in [3.63, 3.8) is 0 Å². The molecule has 3 aromatic rings. The maximum absolute atomic E-state index is 12.5. The molecule has 1 heterocycles. The molecule has 0 radical (unpaired) electrons. The number of carbonyl (C=O) groups is 1. The van der Waals surface area contributed by atoms with Gasteiger partial charge in [-0.15, -0.1) is 13.2 Å². The predicted octanol–water partition coefficient (Wildman–Crippen LogP) is 4.64. The lowest BCUT2D eigenvalue weighted by molar-refractivity contribution is -0.274. The van der Waals surface area contributed by atoms with Crippen LogP contribution < -0.4 is 10.1 Å². The fourth-order valence-electron chi connectivity index (χ4n) is 2.52. The number of aromatic nitrogens is 2. The zero-order valence-electron chi connectivity index (χ0n) is 14.5. The summed E-state index contributed by atoms with van der Waals surface area (Å²) in [5.41, 5.74) is 3.29. The average Bonchev–Trinajstić information content (AvgIpc) is 2.98. The highest BCUT2D eigenvalue weighted by atomic mass is 19.4. The summed E-state index contributed by atoms with van der Waals surface area (Å²) >= 11 is 0. The van der Waals surface area contributed by atoms with Gasteiger partial charge in [0.1, 0.15) is 5.75 Å². The number of ether oxygens (including phenoxy) is 1. The summed E-state index contributed by atoms with van der Waals surface area (Å²) in [5, 5.41) is 6.88. The van der Waals surface area contributed by atoms with Crippen LogP contribution in [-0.4, -0.2) is 22.1 Å². The number of aryl methyl sites for hydroxylation is 1. The molecule has 0 atom stereocenters. The second-order valence-corrected chi connectivity index (χ2v) is 5.92. The van der Waals surface area contributed by atoms with E-state index in [1.165, 1.54) is 18.3 Å². The molecule has 5 nitrogen and oxygen atoms in total. The van der Waals surface area contributed by atoms with Crippen molar-refractivity contribution in [2.45, 2.75) is 20.2 Å². The molecule has 0 aliphatic heterocycles. The molecule has 0 aliphatic carbocycles. The van der Waals surface area contributed by atoms with E-state index in [0.29, 0.717) is 16.9 Å². The van der Waals surface area contributed by atoms with Crippen LogP contribution in [0.2, 0.25) is 0 Å². The number of anilines is 1. The zero-order chi connectivity index (χ0) is 19.6. The number of rotatable bonds is 4. The minimum absolute atomic E-state index is 0.344. The van der Waals surface area contributed by atoms with Gasteiger partial charge in [-0.05, 0) is 50.2 Å². The Labute approximate surface area is 153 Å². The van der Waals surface area contributed by atoms with Gasteiger partial charge in [0.2, 0.25) is 0 Å². The van der Waals surface area contributed by atoms with Crippen LogP contribution in [0.4, 0.5) is 18.9 Å². The number of benzene rings is 2. The van der Waals surface area contributed by atoms with Crippen LogP contribution in [0.25, 0.3) is 5.69 Å². The zero-order valence-corrected chi connectivity index (χ0v) is 14.5. The highest BCUT2D eigenvalue weighted by Gasteiger charge is 2.31. The molecular formula is C19H16F3N3O2. The molecule has 0 unspecified atom stereocenters. The lowest BCUT2D eigenvalue weighted by Gasteiger charge is -2.10. The number of amides is 1. The Kier molecular flexibility index (Phi) is 4.89. The third-order valence-electron chi connectivity index (χ3n) is 3.88. The SMILES string of the molecule is Cc1ccc(-n2ncc(C(=O)Nc3ccc(OC(F)(F)F)cc3)c2C)cc1. The van der Waals surface area contributed by atoms with Gasteiger partial charge in [-0.2, -0.15) is 5.10 Å². The number of halogens is 3. The molecule has 1 amide bonds. The van der Waals surface area contributed by atoms with Gasteiger partial charge in [0.05, 0.1) is 23.1 Å². The first-order valence-corrected chi connectivity index (χ1v) is 8.02. The molecule has 8 heteroatoms. The molecule has 1 aromatic heterocycles. The minimum atomic E-state index is -4.76. The molecule has 0 aliphatic rings. The van der Waals surface area contributed by atoms with Crippen LogP contribution in [0.5, 0.6) is 5.75 Å². The van der Waals surface area contributed by atoms with Crippen LogP contribution in [0.15, 0.2) is 54.7 Å². The summed E-state index contributed by atoms with van der Waals surface area (Å²) in [4.78, 5) is 12.5. The van der Waals surface area contributed by atoms with Gasteiger partial charge < -0.3 is 10.1 Å². The Bertz CT molecular complexity index is 946. The van der Waals surface area contributed by atoms with Gasteiger partial charge in [0.25, 0.3) is 5.91 Å². The van der Waals surface area contributed by atoms with Crippen molar-refractivity contribution in [2.75, 3.05) is 5.32 Å². The van der Waals surface area contributed by atoms with E-state index in [9.17, 15) is 18.0 Å². The lowest BCUT2D eigenvalue weighted by atomic mass is 10.2. The van der Waals surface area contributed by atoms with Crippen molar-refractivity contribution >= 4 is 11.6 Å². The van der Waals surface area contributed by atoms with Crippen LogP contribution in [0, 0.1) is 13.8 Å². The molecule has 0 bridgehead atoms. The minimum Gasteiger partial charge on any atom is -0.406 e. The predicted molar refractivity (Wildman–Crippen MR) is 94.1 cm³/mol. The van der Waals surface area contributed by atoms with E-state index in [2.05, 4.69) is 15.2 Å². The highest BCUT2D eigenvalue weighted by Crippen LogP contribution is 2.24. The standard InChI is InChI=1S/C19H16F3N3O2/c1-12-3-7-15(8-4-12)25-13(2)17(11-23-25)18(26)24-14-5-9-16(10-6-14)27-19(20,21)22/h3-11H,1-2H3,(H,24,26). The molecule has 0 saturated carbocycles. The Morgan fingerprint density at radius 2 is 1.67 bits per heavy atom. The molecule has 0 saturated heterocycles. The largest absolute Gasteiger partial charge is 0.573 e. The van der Waals surface area contributed by atoms with Crippen molar-refractivity contribution < 1.29 is 22.7 Å². The van der Waals surface area contributed by atoms with Crippen LogP contribution in [0.3, 0.4) is 0 Å². The lowest BCUT2D eigenvalue weighted by Crippen LogP contribution is -2.17. The first kappa shape index (κ1) is 18.5. The number of nitrogens with zero attached hydrogens (tertiary/aromatic N) is 2. The van der Waals surface area contributed by atoms with Gasteiger partial charge in [-0.1, -0.05) is 17.7 Å². The molecule has 0 spiro atoms. The van der Waals surface area contributed by atoms with E-state index < -0.39 is 12.3 Å². The van der Waals surface area contributed by atoms with Crippen LogP contribution >= 0.6 is 0 Å². The molecule has 27 heavy (non-hydrogen) atoms.